The number of hydrogen-bond acceptors (Lipinski definition) is 8. The van der Waals surface area contributed by atoms with Crippen molar-refractivity contribution in [2.24, 2.45) is 0 Å². The Hall–Kier alpha value is -4.35. The average Bonchev–Trinajstić information content (AvgIpc) is 3.50. The van der Waals surface area contributed by atoms with Crippen LogP contribution in [0.15, 0.2) is 82.2 Å². The molecule has 2 heterocycles. The largest absolute Gasteiger partial charge is 0.454 e. The monoisotopic (exact) mass is 549 g/mol. The van der Waals surface area contributed by atoms with Crippen molar-refractivity contribution >= 4 is 40.9 Å². The summed E-state index contributed by atoms with van der Waals surface area (Å²) in [6.45, 7) is 0.727. The number of thioether (sulfide) groups is 1. The van der Waals surface area contributed by atoms with E-state index >= 15 is 0 Å². The molecule has 3 amide bonds. The van der Waals surface area contributed by atoms with E-state index in [0.29, 0.717) is 46.4 Å². The van der Waals surface area contributed by atoms with Crippen molar-refractivity contribution in [1.82, 2.24) is 4.90 Å². The molecule has 200 valence electrons. The third-order valence-corrected chi connectivity index (χ3v) is 7.03. The number of nitrogens with one attached hydrogen (secondary N) is 2. The number of methoxy groups -OCH3 is 1. The number of nitrogens with zero attached hydrogens (tertiary/aromatic N) is 1. The molecule has 2 aliphatic heterocycles. The average molecular weight is 550 g/mol. The van der Waals surface area contributed by atoms with Gasteiger partial charge in [0.05, 0.1) is 0 Å². The predicted molar refractivity (Wildman–Crippen MR) is 143 cm³/mol. The van der Waals surface area contributed by atoms with Gasteiger partial charge in [0.15, 0.2) is 11.5 Å². The van der Waals surface area contributed by atoms with Gasteiger partial charge in [-0.2, -0.15) is 0 Å². The lowest BCUT2D eigenvalue weighted by molar-refractivity contribution is -0.137. The smallest absolute Gasteiger partial charge is 0.278 e. The number of imide groups is 1. The first-order valence-electron chi connectivity index (χ1n) is 12.0. The van der Waals surface area contributed by atoms with Gasteiger partial charge in [-0.25, -0.2) is 4.39 Å². The fourth-order valence-corrected chi connectivity index (χ4v) is 4.92. The number of rotatable bonds is 10. The van der Waals surface area contributed by atoms with Gasteiger partial charge in [0.1, 0.15) is 16.4 Å². The number of carbonyl (C=O) groups excluding carboxylic acids is 3. The van der Waals surface area contributed by atoms with Gasteiger partial charge in [-0.05, 0) is 73.2 Å². The zero-order valence-corrected chi connectivity index (χ0v) is 21.7. The SMILES string of the molecule is COCCCN1C(=O)C(Nc2ccc(F)cc2)=C(Sc2ccc(NC(=O)c3ccc4c(c3)OCO4)cc2)C1=O. The summed E-state index contributed by atoms with van der Waals surface area (Å²) in [5.74, 6) is -0.510. The Balaban J connectivity index is 1.32. The molecule has 0 atom stereocenters. The molecule has 0 fully saturated rings. The number of benzene rings is 3. The van der Waals surface area contributed by atoms with E-state index < -0.39 is 17.6 Å². The van der Waals surface area contributed by atoms with Crippen molar-refractivity contribution < 1.29 is 33.0 Å². The van der Waals surface area contributed by atoms with Crippen LogP contribution in [0.25, 0.3) is 0 Å². The summed E-state index contributed by atoms with van der Waals surface area (Å²) in [5.41, 5.74) is 1.57. The zero-order valence-electron chi connectivity index (χ0n) is 20.9. The number of fused-ring (bicyclic) bond motifs is 1. The van der Waals surface area contributed by atoms with Crippen molar-refractivity contribution in [1.29, 1.82) is 0 Å². The van der Waals surface area contributed by atoms with Crippen LogP contribution in [0.4, 0.5) is 15.8 Å². The van der Waals surface area contributed by atoms with Gasteiger partial charge in [-0.3, -0.25) is 19.3 Å². The molecule has 39 heavy (non-hydrogen) atoms. The van der Waals surface area contributed by atoms with Gasteiger partial charge in [0.25, 0.3) is 17.7 Å². The van der Waals surface area contributed by atoms with E-state index in [1.807, 2.05) is 0 Å². The summed E-state index contributed by atoms with van der Waals surface area (Å²) in [4.78, 5) is 41.2. The lowest BCUT2D eigenvalue weighted by Crippen LogP contribution is -2.33. The summed E-state index contributed by atoms with van der Waals surface area (Å²) in [7, 11) is 1.55. The van der Waals surface area contributed by atoms with Gasteiger partial charge in [-0.15, -0.1) is 0 Å². The van der Waals surface area contributed by atoms with Gasteiger partial charge >= 0.3 is 0 Å². The Morgan fingerprint density at radius 3 is 2.44 bits per heavy atom. The van der Waals surface area contributed by atoms with E-state index in [9.17, 15) is 18.8 Å². The molecule has 2 N–H and O–H groups in total. The van der Waals surface area contributed by atoms with Gasteiger partial charge < -0.3 is 24.8 Å². The second-order valence-corrected chi connectivity index (χ2v) is 9.68. The summed E-state index contributed by atoms with van der Waals surface area (Å²) in [6, 6.07) is 17.4. The molecule has 5 rings (SSSR count). The summed E-state index contributed by atoms with van der Waals surface area (Å²) < 4.78 is 29.0. The van der Waals surface area contributed by atoms with Crippen LogP contribution in [0.5, 0.6) is 11.5 Å². The molecule has 0 aromatic heterocycles. The van der Waals surface area contributed by atoms with Crippen molar-refractivity contribution in [3.05, 3.63) is 88.7 Å². The first kappa shape index (κ1) is 26.3. The maximum Gasteiger partial charge on any atom is 0.278 e. The van der Waals surface area contributed by atoms with Crippen LogP contribution in [-0.4, -0.2) is 49.7 Å². The Labute approximate surface area is 227 Å². The highest BCUT2D eigenvalue weighted by molar-refractivity contribution is 8.04. The Morgan fingerprint density at radius 1 is 0.974 bits per heavy atom. The van der Waals surface area contributed by atoms with E-state index in [2.05, 4.69) is 10.6 Å². The van der Waals surface area contributed by atoms with E-state index in [1.165, 1.54) is 29.2 Å². The minimum Gasteiger partial charge on any atom is -0.454 e. The molecule has 2 aliphatic rings. The molecule has 0 saturated heterocycles. The molecule has 11 heteroatoms. The minimum atomic E-state index is -0.462. The topological polar surface area (TPSA) is 106 Å². The first-order chi connectivity index (χ1) is 18.9. The van der Waals surface area contributed by atoms with Crippen LogP contribution in [0.1, 0.15) is 16.8 Å². The molecule has 0 radical (unpaired) electrons. The maximum absolute atomic E-state index is 13.4. The van der Waals surface area contributed by atoms with E-state index in [0.717, 1.165) is 11.8 Å². The van der Waals surface area contributed by atoms with Gasteiger partial charge in [0, 0.05) is 42.1 Å². The zero-order chi connectivity index (χ0) is 27.4. The third kappa shape index (κ3) is 5.89. The van der Waals surface area contributed by atoms with Crippen LogP contribution >= 0.6 is 11.8 Å². The second-order valence-electron chi connectivity index (χ2n) is 8.59. The molecule has 0 aliphatic carbocycles. The van der Waals surface area contributed by atoms with Crippen molar-refractivity contribution in [2.45, 2.75) is 11.3 Å². The standard InChI is InChI=1S/C28H24FN3O6S/c1-36-14-2-13-32-27(34)24(30-19-6-4-18(29)5-7-19)25(28(32)35)39-21-10-8-20(9-11-21)31-26(33)17-3-12-22-23(15-17)38-16-37-22/h3-12,15,30H,2,13-14,16H2,1H3,(H,31,33). The number of anilines is 2. The number of carbonyl (C=O) groups is 3. The Kier molecular flexibility index (Phi) is 7.80. The quantitative estimate of drug-likeness (QED) is 0.279. The Bertz CT molecular complexity index is 1440. The highest BCUT2D eigenvalue weighted by atomic mass is 32.2. The van der Waals surface area contributed by atoms with E-state index in [-0.39, 0.29) is 29.8 Å². The third-order valence-electron chi connectivity index (χ3n) is 5.94. The molecule has 0 spiro atoms. The molecule has 0 unspecified atom stereocenters. The number of ether oxygens (including phenoxy) is 3. The highest BCUT2D eigenvalue weighted by Crippen LogP contribution is 2.37. The van der Waals surface area contributed by atoms with Crippen molar-refractivity contribution in [3.8, 4) is 11.5 Å². The fourth-order valence-electron chi connectivity index (χ4n) is 3.97. The highest BCUT2D eigenvalue weighted by Gasteiger charge is 2.38. The first-order valence-corrected chi connectivity index (χ1v) is 12.9. The lowest BCUT2D eigenvalue weighted by Gasteiger charge is -2.14. The number of halogens is 1. The molecular weight excluding hydrogens is 525 g/mol. The van der Waals surface area contributed by atoms with E-state index in [1.54, 1.807) is 49.6 Å². The van der Waals surface area contributed by atoms with E-state index in [4.69, 9.17) is 14.2 Å². The molecule has 3 aromatic carbocycles. The van der Waals surface area contributed by atoms with Gasteiger partial charge in [0.2, 0.25) is 6.79 Å². The molecule has 0 saturated carbocycles. The summed E-state index contributed by atoms with van der Waals surface area (Å²) in [5, 5.41) is 5.81. The van der Waals surface area contributed by atoms with Crippen LogP contribution in [-0.2, 0) is 14.3 Å². The summed E-state index contributed by atoms with van der Waals surface area (Å²) in [6.07, 6.45) is 0.494. The Morgan fingerprint density at radius 2 is 1.69 bits per heavy atom. The predicted octanol–water partition coefficient (Wildman–Crippen LogP) is 4.63. The molecular formula is C28H24FN3O6S. The van der Waals surface area contributed by atoms with Gasteiger partial charge in [-0.1, -0.05) is 11.8 Å². The van der Waals surface area contributed by atoms with Crippen molar-refractivity contribution in [3.63, 3.8) is 0 Å². The maximum atomic E-state index is 13.4. The lowest BCUT2D eigenvalue weighted by atomic mass is 10.2. The van der Waals surface area contributed by atoms with Crippen LogP contribution < -0.4 is 20.1 Å². The van der Waals surface area contributed by atoms with Crippen LogP contribution in [0.2, 0.25) is 0 Å². The number of hydrogen-bond donors (Lipinski definition) is 2. The summed E-state index contributed by atoms with van der Waals surface area (Å²) >= 11 is 1.13. The van der Waals surface area contributed by atoms with Crippen molar-refractivity contribution in [2.75, 3.05) is 37.7 Å². The van der Waals surface area contributed by atoms with Crippen LogP contribution in [0.3, 0.4) is 0 Å². The van der Waals surface area contributed by atoms with Crippen LogP contribution in [0, 0.1) is 5.82 Å². The normalized spacial score (nSPS) is 14.3. The molecule has 0 bridgehead atoms. The number of amides is 3. The minimum absolute atomic E-state index is 0.120. The second kappa shape index (κ2) is 11.6. The molecule has 9 nitrogen and oxygen atoms in total. The molecule has 3 aromatic rings. The fraction of sp³-hybridized carbons (Fsp3) is 0.179.